The average molecular weight is 638 g/mol. The van der Waals surface area contributed by atoms with Crippen molar-refractivity contribution >= 4 is 17.6 Å². The SMILES string of the molecule is COC[C@@H](C)Nc1nc2c(nc1N1CCC(Oc3ccc(F)cc3F)CC1)CCN(Cc1ccccc1)C2.O=C(O)C(F)(F)F. The maximum absolute atomic E-state index is 14.1. The molecule has 0 bridgehead atoms. The number of halogens is 5. The van der Waals surface area contributed by atoms with Crippen molar-refractivity contribution in [3.05, 3.63) is 77.1 Å². The van der Waals surface area contributed by atoms with Crippen LogP contribution < -0.4 is 15.0 Å². The molecule has 0 unspecified atom stereocenters. The van der Waals surface area contributed by atoms with E-state index < -0.39 is 23.8 Å². The van der Waals surface area contributed by atoms with E-state index in [4.69, 9.17) is 29.3 Å². The van der Waals surface area contributed by atoms with Crippen LogP contribution in [0.1, 0.15) is 36.7 Å². The zero-order valence-corrected chi connectivity index (χ0v) is 25.0. The third kappa shape index (κ3) is 9.72. The quantitative estimate of drug-likeness (QED) is 0.297. The molecule has 14 heteroatoms. The number of carboxylic acids is 1. The van der Waals surface area contributed by atoms with Crippen LogP contribution in [-0.2, 0) is 29.0 Å². The smallest absolute Gasteiger partial charge is 0.487 e. The van der Waals surface area contributed by atoms with Gasteiger partial charge in [0.15, 0.2) is 23.2 Å². The highest BCUT2D eigenvalue weighted by atomic mass is 19.4. The normalized spacial score (nSPS) is 16.3. The highest BCUT2D eigenvalue weighted by molar-refractivity contribution is 5.73. The molecule has 244 valence electrons. The van der Waals surface area contributed by atoms with Gasteiger partial charge in [0, 0.05) is 71.2 Å². The number of rotatable bonds is 9. The Morgan fingerprint density at radius 1 is 1.07 bits per heavy atom. The van der Waals surface area contributed by atoms with Crippen LogP contribution in [0.25, 0.3) is 0 Å². The number of anilines is 2. The molecule has 3 aromatic rings. The van der Waals surface area contributed by atoms with Crippen LogP contribution in [0.15, 0.2) is 48.5 Å². The first-order valence-electron chi connectivity index (χ1n) is 14.5. The molecule has 0 spiro atoms. The molecule has 2 aliphatic rings. The number of hydrogen-bond donors (Lipinski definition) is 2. The van der Waals surface area contributed by atoms with Crippen molar-refractivity contribution in [3.8, 4) is 5.75 Å². The molecule has 9 nitrogen and oxygen atoms in total. The molecular weight excluding hydrogens is 601 g/mol. The predicted molar refractivity (Wildman–Crippen MR) is 157 cm³/mol. The Morgan fingerprint density at radius 2 is 1.76 bits per heavy atom. The van der Waals surface area contributed by atoms with Gasteiger partial charge in [-0.05, 0) is 24.6 Å². The number of nitrogens with one attached hydrogen (secondary N) is 1. The molecule has 1 atom stereocenters. The van der Waals surface area contributed by atoms with Gasteiger partial charge in [-0.3, -0.25) is 4.90 Å². The monoisotopic (exact) mass is 637 g/mol. The number of alkyl halides is 3. The molecule has 45 heavy (non-hydrogen) atoms. The molecule has 5 rings (SSSR count). The fourth-order valence-electron chi connectivity index (χ4n) is 5.13. The summed E-state index contributed by atoms with van der Waals surface area (Å²) < 4.78 is 70.3. The predicted octanol–water partition coefficient (Wildman–Crippen LogP) is 5.44. The van der Waals surface area contributed by atoms with Crippen molar-refractivity contribution in [2.24, 2.45) is 0 Å². The molecule has 2 aromatic carbocycles. The van der Waals surface area contributed by atoms with E-state index in [0.29, 0.717) is 32.5 Å². The molecule has 0 radical (unpaired) electrons. The van der Waals surface area contributed by atoms with Gasteiger partial charge >= 0.3 is 12.1 Å². The number of carbonyl (C=O) groups is 1. The van der Waals surface area contributed by atoms with Crippen molar-refractivity contribution in [2.75, 3.05) is 43.6 Å². The van der Waals surface area contributed by atoms with Crippen LogP contribution in [-0.4, -0.2) is 77.6 Å². The Hall–Kier alpha value is -4.04. The number of fused-ring (bicyclic) bond motifs is 1. The molecule has 0 saturated carbocycles. The largest absolute Gasteiger partial charge is 0.490 e. The minimum absolute atomic E-state index is 0.0671. The van der Waals surface area contributed by atoms with E-state index in [9.17, 15) is 22.0 Å². The lowest BCUT2D eigenvalue weighted by atomic mass is 10.1. The summed E-state index contributed by atoms with van der Waals surface area (Å²) >= 11 is 0. The highest BCUT2D eigenvalue weighted by Gasteiger charge is 2.38. The third-order valence-corrected chi connectivity index (χ3v) is 7.29. The molecule has 1 aromatic heterocycles. The number of piperidine rings is 1. The van der Waals surface area contributed by atoms with E-state index in [1.807, 2.05) is 6.07 Å². The molecule has 1 saturated heterocycles. The van der Waals surface area contributed by atoms with Gasteiger partial charge in [0.05, 0.1) is 18.0 Å². The van der Waals surface area contributed by atoms with E-state index in [2.05, 4.69) is 46.3 Å². The summed E-state index contributed by atoms with van der Waals surface area (Å²) in [4.78, 5) is 23.7. The van der Waals surface area contributed by atoms with Gasteiger partial charge in [0.2, 0.25) is 0 Å². The van der Waals surface area contributed by atoms with Gasteiger partial charge in [0.1, 0.15) is 11.9 Å². The molecule has 0 amide bonds. The van der Waals surface area contributed by atoms with E-state index >= 15 is 0 Å². The van der Waals surface area contributed by atoms with E-state index in [0.717, 1.165) is 55.1 Å². The average Bonchev–Trinajstić information content (AvgIpc) is 2.99. The third-order valence-electron chi connectivity index (χ3n) is 7.29. The number of methoxy groups -OCH3 is 1. The van der Waals surface area contributed by atoms with Gasteiger partial charge in [-0.1, -0.05) is 30.3 Å². The fourth-order valence-corrected chi connectivity index (χ4v) is 5.13. The lowest BCUT2D eigenvalue weighted by Crippen LogP contribution is -2.40. The van der Waals surface area contributed by atoms with Gasteiger partial charge < -0.3 is 24.8 Å². The number of benzene rings is 2. The van der Waals surface area contributed by atoms with Crippen molar-refractivity contribution in [1.29, 1.82) is 0 Å². The lowest BCUT2D eigenvalue weighted by Gasteiger charge is -2.35. The summed E-state index contributed by atoms with van der Waals surface area (Å²) in [6, 6.07) is 14.0. The van der Waals surface area contributed by atoms with Crippen LogP contribution in [0.2, 0.25) is 0 Å². The highest BCUT2D eigenvalue weighted by Crippen LogP contribution is 2.31. The van der Waals surface area contributed by atoms with Gasteiger partial charge in [0.25, 0.3) is 0 Å². The molecule has 1 fully saturated rings. The maximum Gasteiger partial charge on any atom is 0.490 e. The second kappa shape index (κ2) is 15.3. The van der Waals surface area contributed by atoms with Crippen LogP contribution in [0.3, 0.4) is 0 Å². The molecular formula is C31H36F5N5O4. The van der Waals surface area contributed by atoms with Gasteiger partial charge in [-0.15, -0.1) is 0 Å². The summed E-state index contributed by atoms with van der Waals surface area (Å²) in [6.45, 7) is 6.59. The van der Waals surface area contributed by atoms with Crippen molar-refractivity contribution in [2.45, 2.75) is 57.6 Å². The standard InChI is InChI=1S/C29H35F2N5O2.C2HF3O2/c1-20(19-37-2)32-28-29(36-14-10-23(11-15-36)38-27-9-8-22(30)16-24(27)31)34-25-12-13-35(18-26(25)33-28)17-21-6-4-3-5-7-21;3-2(4,5)1(6)7/h3-9,16,20,23H,10-15,17-19H2,1-2H3,(H,32,33);(H,6,7)/t20-;/m1./s1. The number of aliphatic carboxylic acids is 1. The Labute approximate surface area is 258 Å². The van der Waals surface area contributed by atoms with Crippen LogP contribution in [0.5, 0.6) is 5.75 Å². The Bertz CT molecular complexity index is 1420. The van der Waals surface area contributed by atoms with Crippen molar-refractivity contribution in [3.63, 3.8) is 0 Å². The second-order valence-electron chi connectivity index (χ2n) is 10.9. The Balaban J connectivity index is 0.000000591. The number of hydrogen-bond acceptors (Lipinski definition) is 8. The first kappa shape index (κ1) is 33.8. The summed E-state index contributed by atoms with van der Waals surface area (Å²) in [5, 5.41) is 10.6. The van der Waals surface area contributed by atoms with Gasteiger partial charge in [-0.2, -0.15) is 13.2 Å². The van der Waals surface area contributed by atoms with Crippen LogP contribution >= 0.6 is 0 Å². The zero-order chi connectivity index (χ0) is 32.6. The minimum Gasteiger partial charge on any atom is -0.487 e. The first-order chi connectivity index (χ1) is 21.4. The topological polar surface area (TPSA) is 100 Å². The second-order valence-corrected chi connectivity index (χ2v) is 10.9. The minimum atomic E-state index is -5.08. The number of aromatic nitrogens is 2. The van der Waals surface area contributed by atoms with Crippen molar-refractivity contribution in [1.82, 2.24) is 14.9 Å². The molecule has 2 aliphatic heterocycles. The number of nitrogens with zero attached hydrogens (tertiary/aromatic N) is 4. The van der Waals surface area contributed by atoms with E-state index in [-0.39, 0.29) is 17.9 Å². The zero-order valence-electron chi connectivity index (χ0n) is 25.0. The number of carboxylic acid groups (broad SMARTS) is 1. The summed E-state index contributed by atoms with van der Waals surface area (Å²) in [5.74, 6) is -2.34. The molecule has 3 heterocycles. The van der Waals surface area contributed by atoms with Crippen molar-refractivity contribution < 1.29 is 41.3 Å². The summed E-state index contributed by atoms with van der Waals surface area (Å²) in [6.07, 6.45) is -2.98. The lowest BCUT2D eigenvalue weighted by molar-refractivity contribution is -0.192. The van der Waals surface area contributed by atoms with E-state index in [1.54, 1.807) is 7.11 Å². The van der Waals surface area contributed by atoms with Crippen LogP contribution in [0.4, 0.5) is 33.6 Å². The number of ether oxygens (including phenoxy) is 2. The summed E-state index contributed by atoms with van der Waals surface area (Å²) in [7, 11) is 1.69. The van der Waals surface area contributed by atoms with E-state index in [1.165, 1.54) is 17.7 Å². The first-order valence-corrected chi connectivity index (χ1v) is 14.5. The summed E-state index contributed by atoms with van der Waals surface area (Å²) in [5.41, 5.74) is 3.34. The molecule has 0 aliphatic carbocycles. The van der Waals surface area contributed by atoms with Gasteiger partial charge in [-0.25, -0.2) is 23.5 Å². The Morgan fingerprint density at radius 3 is 2.38 bits per heavy atom. The maximum atomic E-state index is 14.1. The fraction of sp³-hybridized carbons (Fsp3) is 0.452. The molecule has 2 N–H and O–H groups in total. The Kier molecular flexibility index (Phi) is 11.5. The van der Waals surface area contributed by atoms with Crippen LogP contribution in [0, 0.1) is 11.6 Å².